The number of hydrogen-bond donors (Lipinski definition) is 0. The van der Waals surface area contributed by atoms with E-state index in [1.54, 1.807) is 0 Å². The highest BCUT2D eigenvalue weighted by molar-refractivity contribution is 5.71. The van der Waals surface area contributed by atoms with Gasteiger partial charge in [0.15, 0.2) is 6.10 Å². The predicted molar refractivity (Wildman–Crippen MR) is 307 cm³/mol. The second-order valence-corrected chi connectivity index (χ2v) is 19.5. The Morgan fingerprint density at radius 3 is 0.915 bits per heavy atom. The smallest absolute Gasteiger partial charge is 0.306 e. The minimum atomic E-state index is -0.778. The summed E-state index contributed by atoms with van der Waals surface area (Å²) < 4.78 is 16.8. The van der Waals surface area contributed by atoms with Crippen LogP contribution in [0.4, 0.5) is 0 Å². The first-order valence-electron chi connectivity index (χ1n) is 29.7. The summed E-state index contributed by atoms with van der Waals surface area (Å²) in [6.07, 6.45) is 78.5. The van der Waals surface area contributed by atoms with Gasteiger partial charge in [-0.2, -0.15) is 0 Å². The van der Waals surface area contributed by atoms with Crippen molar-refractivity contribution >= 4 is 17.9 Å². The molecule has 1 atom stereocenters. The average molecular weight is 988 g/mol. The summed E-state index contributed by atoms with van der Waals surface area (Å²) in [6, 6.07) is 0. The van der Waals surface area contributed by atoms with Crippen LogP contribution in [-0.2, 0) is 28.6 Å². The van der Waals surface area contributed by atoms with Crippen LogP contribution in [0.25, 0.3) is 0 Å². The summed E-state index contributed by atoms with van der Waals surface area (Å²) in [5, 5.41) is 0. The van der Waals surface area contributed by atoms with E-state index < -0.39 is 6.10 Å². The molecule has 0 radical (unpaired) electrons. The average Bonchev–Trinajstić information content (AvgIpc) is 3.37. The van der Waals surface area contributed by atoms with E-state index in [4.69, 9.17) is 14.2 Å². The molecule has 0 spiro atoms. The van der Waals surface area contributed by atoms with Crippen molar-refractivity contribution < 1.29 is 28.6 Å². The molecule has 0 rings (SSSR count). The fourth-order valence-corrected chi connectivity index (χ4v) is 8.11. The molecule has 0 aromatic heterocycles. The molecule has 0 bridgehead atoms. The molecule has 71 heavy (non-hydrogen) atoms. The van der Waals surface area contributed by atoms with Crippen LogP contribution in [0, 0.1) is 0 Å². The van der Waals surface area contributed by atoms with Gasteiger partial charge in [0, 0.05) is 19.3 Å². The molecule has 0 fully saturated rings. The van der Waals surface area contributed by atoms with Crippen molar-refractivity contribution in [2.45, 2.75) is 284 Å². The summed E-state index contributed by atoms with van der Waals surface area (Å²) in [4.78, 5) is 37.9. The number of allylic oxidation sites excluding steroid dienone is 16. The largest absolute Gasteiger partial charge is 0.462 e. The fourth-order valence-electron chi connectivity index (χ4n) is 8.11. The van der Waals surface area contributed by atoms with Crippen LogP contribution in [0.3, 0.4) is 0 Å². The van der Waals surface area contributed by atoms with Crippen molar-refractivity contribution in [1.29, 1.82) is 0 Å². The third-order valence-corrected chi connectivity index (χ3v) is 12.6. The van der Waals surface area contributed by atoms with E-state index in [1.165, 1.54) is 122 Å². The van der Waals surface area contributed by atoms with E-state index in [0.29, 0.717) is 19.3 Å². The zero-order valence-corrected chi connectivity index (χ0v) is 46.5. The Morgan fingerprint density at radius 2 is 0.563 bits per heavy atom. The van der Waals surface area contributed by atoms with Crippen LogP contribution < -0.4 is 0 Å². The lowest BCUT2D eigenvalue weighted by Crippen LogP contribution is -2.30. The number of ether oxygens (including phenoxy) is 3. The monoisotopic (exact) mass is 987 g/mol. The van der Waals surface area contributed by atoms with Gasteiger partial charge in [-0.15, -0.1) is 0 Å². The van der Waals surface area contributed by atoms with Gasteiger partial charge in [-0.05, 0) is 96.3 Å². The molecule has 0 saturated carbocycles. The molecule has 0 aliphatic heterocycles. The normalized spacial score (nSPS) is 12.8. The Balaban J connectivity index is 4.09. The first-order valence-corrected chi connectivity index (χ1v) is 29.7. The van der Waals surface area contributed by atoms with Gasteiger partial charge in [-0.1, -0.05) is 259 Å². The lowest BCUT2D eigenvalue weighted by Gasteiger charge is -2.18. The molecule has 0 N–H and O–H groups in total. The molecule has 0 aromatic rings. The maximum Gasteiger partial charge on any atom is 0.306 e. The zero-order chi connectivity index (χ0) is 51.4. The Hall–Kier alpha value is -3.67. The highest BCUT2D eigenvalue weighted by atomic mass is 16.6. The maximum atomic E-state index is 12.8. The molecule has 1 unspecified atom stereocenters. The Morgan fingerprint density at radius 1 is 0.296 bits per heavy atom. The SMILES string of the molecule is CC/C=C\C/C=C\C/C=C\C/C=C\C/C=C\C/C=C\C/C=C\CCCCCCCCCCCCCC(=O)OCC(COC(=O)CCCCCCCCCCC)OC(=O)CCCCCCC/C=C\CCCC. The molecular formula is C65H110O6. The summed E-state index contributed by atoms with van der Waals surface area (Å²) >= 11 is 0. The van der Waals surface area contributed by atoms with Gasteiger partial charge >= 0.3 is 17.9 Å². The third-order valence-electron chi connectivity index (χ3n) is 12.6. The fraction of sp³-hybridized carbons (Fsp3) is 0.708. The molecule has 0 aromatic carbocycles. The topological polar surface area (TPSA) is 78.9 Å². The van der Waals surface area contributed by atoms with Gasteiger partial charge in [-0.3, -0.25) is 14.4 Å². The maximum absolute atomic E-state index is 12.8. The van der Waals surface area contributed by atoms with E-state index in [2.05, 4.69) is 118 Å². The standard InChI is InChI=1S/C65H110O6/c1-4-7-10-13-16-19-21-22-23-24-25-26-27-28-29-30-31-32-33-34-35-36-37-38-39-40-41-42-44-46-49-52-55-58-64(67)70-61-62(60-69-63(66)57-54-51-48-45-18-15-12-9-6-3)71-65(68)59-56-53-50-47-43-20-17-14-11-8-5-2/h7,10,14,16-17,19,22-23,25-26,28-29,31-32,34-35,62H,4-6,8-9,11-13,15,18,20-21,24,27,30,33,36-61H2,1-3H3/b10-7-,17-14-,19-16-,23-22-,26-25-,29-28-,32-31-,35-34-. The minimum Gasteiger partial charge on any atom is -0.462 e. The molecule has 0 amide bonds. The van der Waals surface area contributed by atoms with Crippen LogP contribution in [0.15, 0.2) is 97.2 Å². The molecule has 6 nitrogen and oxygen atoms in total. The number of carbonyl (C=O) groups excluding carboxylic acids is 3. The molecule has 0 saturated heterocycles. The van der Waals surface area contributed by atoms with E-state index in [1.807, 2.05) is 0 Å². The zero-order valence-electron chi connectivity index (χ0n) is 46.5. The van der Waals surface area contributed by atoms with Crippen LogP contribution in [0.1, 0.15) is 278 Å². The van der Waals surface area contributed by atoms with Gasteiger partial charge in [-0.25, -0.2) is 0 Å². The summed E-state index contributed by atoms with van der Waals surface area (Å²) in [5.41, 5.74) is 0. The Kier molecular flexibility index (Phi) is 55.9. The minimum absolute atomic E-state index is 0.0787. The molecule has 0 heterocycles. The lowest BCUT2D eigenvalue weighted by molar-refractivity contribution is -0.167. The van der Waals surface area contributed by atoms with Gasteiger partial charge < -0.3 is 14.2 Å². The molecular weight excluding hydrogens is 877 g/mol. The first kappa shape index (κ1) is 67.3. The van der Waals surface area contributed by atoms with Gasteiger partial charge in [0.25, 0.3) is 0 Å². The van der Waals surface area contributed by atoms with Crippen LogP contribution >= 0.6 is 0 Å². The molecule has 406 valence electrons. The highest BCUT2D eigenvalue weighted by Gasteiger charge is 2.19. The van der Waals surface area contributed by atoms with Crippen LogP contribution in [-0.4, -0.2) is 37.2 Å². The molecule has 6 heteroatoms. The highest BCUT2D eigenvalue weighted by Crippen LogP contribution is 2.15. The molecule has 0 aliphatic rings. The lowest BCUT2D eigenvalue weighted by atomic mass is 10.0. The van der Waals surface area contributed by atoms with Gasteiger partial charge in [0.1, 0.15) is 13.2 Å². The summed E-state index contributed by atoms with van der Waals surface area (Å²) in [7, 11) is 0. The molecule has 0 aliphatic carbocycles. The number of rotatable bonds is 53. The summed E-state index contributed by atoms with van der Waals surface area (Å²) in [6.45, 7) is 6.46. The number of hydrogen-bond acceptors (Lipinski definition) is 6. The Labute approximate surface area is 438 Å². The second-order valence-electron chi connectivity index (χ2n) is 19.5. The second kappa shape index (κ2) is 58.9. The van der Waals surface area contributed by atoms with Crippen molar-refractivity contribution in [1.82, 2.24) is 0 Å². The van der Waals surface area contributed by atoms with Crippen molar-refractivity contribution in [2.24, 2.45) is 0 Å². The van der Waals surface area contributed by atoms with Crippen molar-refractivity contribution in [3.8, 4) is 0 Å². The number of esters is 3. The number of carbonyl (C=O) groups is 3. The quantitative estimate of drug-likeness (QED) is 0.0261. The summed E-state index contributed by atoms with van der Waals surface area (Å²) in [5.74, 6) is -0.892. The van der Waals surface area contributed by atoms with Gasteiger partial charge in [0.05, 0.1) is 0 Å². The predicted octanol–water partition coefficient (Wildman–Crippen LogP) is 20.1. The van der Waals surface area contributed by atoms with Crippen molar-refractivity contribution in [2.75, 3.05) is 13.2 Å². The number of unbranched alkanes of at least 4 members (excludes halogenated alkanes) is 26. The van der Waals surface area contributed by atoms with E-state index >= 15 is 0 Å². The van der Waals surface area contributed by atoms with Gasteiger partial charge in [0.2, 0.25) is 0 Å². The van der Waals surface area contributed by atoms with E-state index in [9.17, 15) is 14.4 Å². The Bertz CT molecular complexity index is 1410. The van der Waals surface area contributed by atoms with Crippen molar-refractivity contribution in [3.05, 3.63) is 97.2 Å². The first-order chi connectivity index (χ1) is 35.0. The van der Waals surface area contributed by atoms with E-state index in [-0.39, 0.29) is 31.1 Å². The van der Waals surface area contributed by atoms with Crippen molar-refractivity contribution in [3.63, 3.8) is 0 Å². The van der Waals surface area contributed by atoms with Crippen LogP contribution in [0.2, 0.25) is 0 Å². The third kappa shape index (κ3) is 57.1. The van der Waals surface area contributed by atoms with Crippen LogP contribution in [0.5, 0.6) is 0 Å². The van der Waals surface area contributed by atoms with E-state index in [0.717, 1.165) is 116 Å².